The van der Waals surface area contributed by atoms with E-state index in [0.29, 0.717) is 13.0 Å². The monoisotopic (exact) mass is 233 g/mol. The maximum absolute atomic E-state index is 11.7. The number of benzene rings is 1. The Morgan fingerprint density at radius 2 is 1.86 bits per heavy atom. The van der Waals surface area contributed by atoms with Crippen molar-refractivity contribution in [2.45, 2.75) is 18.2 Å². The summed E-state index contributed by atoms with van der Waals surface area (Å²) in [4.78, 5) is 0.225. The van der Waals surface area contributed by atoms with E-state index in [1.807, 2.05) is 6.92 Å². The molecule has 1 aromatic rings. The first-order valence-electron chi connectivity index (χ1n) is 4.32. The Balaban J connectivity index is 2.97. The smallest absolute Gasteiger partial charge is 0.206 e. The average molecular weight is 234 g/mol. The van der Waals surface area contributed by atoms with E-state index in [2.05, 4.69) is 0 Å². The SMILES string of the molecule is CCCN(Cl)S(=O)(=O)c1ccccc1. The predicted molar refractivity (Wildman–Crippen MR) is 56.5 cm³/mol. The lowest BCUT2D eigenvalue weighted by Crippen LogP contribution is -2.22. The molecule has 0 saturated heterocycles. The van der Waals surface area contributed by atoms with Gasteiger partial charge in [-0.05, 0) is 30.3 Å². The van der Waals surface area contributed by atoms with Gasteiger partial charge >= 0.3 is 0 Å². The molecular formula is C9H12ClNO2S. The molecule has 0 heterocycles. The summed E-state index contributed by atoms with van der Waals surface area (Å²) in [5, 5.41) is 0. The molecule has 0 radical (unpaired) electrons. The van der Waals surface area contributed by atoms with Crippen molar-refractivity contribution in [1.82, 2.24) is 3.82 Å². The molecule has 0 aromatic heterocycles. The summed E-state index contributed by atoms with van der Waals surface area (Å²) >= 11 is 5.65. The van der Waals surface area contributed by atoms with E-state index in [0.717, 1.165) is 3.82 Å². The zero-order chi connectivity index (χ0) is 10.6. The second kappa shape index (κ2) is 4.77. The number of sulfonamides is 1. The first-order valence-corrected chi connectivity index (χ1v) is 6.10. The van der Waals surface area contributed by atoms with Crippen LogP contribution in [0.2, 0.25) is 0 Å². The fourth-order valence-electron chi connectivity index (χ4n) is 1.00. The Morgan fingerprint density at radius 3 is 2.36 bits per heavy atom. The molecule has 5 heteroatoms. The van der Waals surface area contributed by atoms with E-state index < -0.39 is 10.0 Å². The van der Waals surface area contributed by atoms with Crippen molar-refractivity contribution in [2.24, 2.45) is 0 Å². The zero-order valence-electron chi connectivity index (χ0n) is 7.85. The zero-order valence-corrected chi connectivity index (χ0v) is 9.42. The van der Waals surface area contributed by atoms with Gasteiger partial charge in [-0.25, -0.2) is 8.42 Å². The fourth-order valence-corrected chi connectivity index (χ4v) is 2.56. The van der Waals surface area contributed by atoms with Crippen LogP contribution in [-0.4, -0.2) is 18.8 Å². The molecule has 0 N–H and O–H groups in total. The molecule has 0 atom stereocenters. The molecule has 1 aromatic carbocycles. The summed E-state index contributed by atoms with van der Waals surface area (Å²) in [6.07, 6.45) is 0.690. The van der Waals surface area contributed by atoms with Crippen molar-refractivity contribution in [3.8, 4) is 0 Å². The maximum Gasteiger partial charge on any atom is 0.256 e. The van der Waals surface area contributed by atoms with Gasteiger partial charge in [-0.15, -0.1) is 3.82 Å². The highest BCUT2D eigenvalue weighted by Gasteiger charge is 2.21. The third kappa shape index (κ3) is 2.47. The molecule has 0 unspecified atom stereocenters. The van der Waals surface area contributed by atoms with Crippen LogP contribution in [0.25, 0.3) is 0 Å². The van der Waals surface area contributed by atoms with Gasteiger partial charge in [-0.1, -0.05) is 25.1 Å². The minimum Gasteiger partial charge on any atom is -0.206 e. The fraction of sp³-hybridized carbons (Fsp3) is 0.333. The summed E-state index contributed by atoms with van der Waals surface area (Å²) in [5.74, 6) is 0. The van der Waals surface area contributed by atoms with Crippen LogP contribution in [-0.2, 0) is 10.0 Å². The lowest BCUT2D eigenvalue weighted by atomic mass is 10.4. The van der Waals surface area contributed by atoms with Crippen molar-refractivity contribution in [3.63, 3.8) is 0 Å². The van der Waals surface area contributed by atoms with Gasteiger partial charge in [0.2, 0.25) is 0 Å². The predicted octanol–water partition coefficient (Wildman–Crippen LogP) is 2.24. The average Bonchev–Trinajstić information content (AvgIpc) is 2.19. The lowest BCUT2D eigenvalue weighted by Gasteiger charge is -2.12. The summed E-state index contributed by atoms with van der Waals surface area (Å²) in [6.45, 7) is 2.19. The van der Waals surface area contributed by atoms with Gasteiger partial charge in [-0.3, -0.25) is 0 Å². The molecule has 0 saturated carbocycles. The summed E-state index contributed by atoms with van der Waals surface area (Å²) in [7, 11) is -3.50. The summed E-state index contributed by atoms with van der Waals surface area (Å²) < 4.78 is 24.3. The van der Waals surface area contributed by atoms with Crippen molar-refractivity contribution in [2.75, 3.05) is 6.54 Å². The van der Waals surface area contributed by atoms with E-state index in [4.69, 9.17) is 11.8 Å². The van der Waals surface area contributed by atoms with E-state index in [1.165, 1.54) is 12.1 Å². The highest BCUT2D eigenvalue weighted by atomic mass is 35.5. The van der Waals surface area contributed by atoms with Crippen LogP contribution in [0, 0.1) is 0 Å². The Bertz CT molecular complexity index is 377. The minimum atomic E-state index is -3.50. The summed E-state index contributed by atoms with van der Waals surface area (Å²) in [6, 6.07) is 8.16. The normalized spacial score (nSPS) is 11.9. The second-order valence-corrected chi connectivity index (χ2v) is 5.30. The van der Waals surface area contributed by atoms with Gasteiger partial charge < -0.3 is 0 Å². The van der Waals surface area contributed by atoms with E-state index in [1.54, 1.807) is 18.2 Å². The van der Waals surface area contributed by atoms with E-state index in [-0.39, 0.29) is 4.90 Å². The van der Waals surface area contributed by atoms with Crippen LogP contribution < -0.4 is 0 Å². The molecule has 0 bridgehead atoms. The van der Waals surface area contributed by atoms with Gasteiger partial charge in [0.05, 0.1) is 4.90 Å². The van der Waals surface area contributed by atoms with Gasteiger partial charge in [0, 0.05) is 6.54 Å². The van der Waals surface area contributed by atoms with Gasteiger partial charge in [0.15, 0.2) is 0 Å². The maximum atomic E-state index is 11.7. The minimum absolute atomic E-state index is 0.225. The number of halogens is 1. The quantitative estimate of drug-likeness (QED) is 0.748. The van der Waals surface area contributed by atoms with Crippen molar-refractivity contribution >= 4 is 21.8 Å². The van der Waals surface area contributed by atoms with Crippen LogP contribution in [0.1, 0.15) is 13.3 Å². The van der Waals surface area contributed by atoms with E-state index >= 15 is 0 Å². The number of nitrogens with zero attached hydrogens (tertiary/aromatic N) is 1. The van der Waals surface area contributed by atoms with Gasteiger partial charge in [0.25, 0.3) is 10.0 Å². The number of rotatable bonds is 4. The first kappa shape index (κ1) is 11.5. The molecule has 0 spiro atoms. The van der Waals surface area contributed by atoms with Crippen LogP contribution >= 0.6 is 11.8 Å². The molecule has 0 aliphatic heterocycles. The van der Waals surface area contributed by atoms with Gasteiger partial charge in [0.1, 0.15) is 0 Å². The summed E-state index contributed by atoms with van der Waals surface area (Å²) in [5.41, 5.74) is 0. The molecule has 0 fully saturated rings. The molecule has 0 aliphatic carbocycles. The van der Waals surface area contributed by atoms with Crippen molar-refractivity contribution in [1.29, 1.82) is 0 Å². The van der Waals surface area contributed by atoms with E-state index in [9.17, 15) is 8.42 Å². The second-order valence-electron chi connectivity index (χ2n) is 2.83. The van der Waals surface area contributed by atoms with Crippen molar-refractivity contribution < 1.29 is 8.42 Å². The molecule has 1 rings (SSSR count). The molecule has 0 amide bonds. The Kier molecular flexibility index (Phi) is 3.92. The first-order chi connectivity index (χ1) is 6.59. The van der Waals surface area contributed by atoms with Crippen LogP contribution in [0.4, 0.5) is 0 Å². The molecule has 14 heavy (non-hydrogen) atoms. The highest BCUT2D eigenvalue weighted by molar-refractivity contribution is 7.90. The van der Waals surface area contributed by atoms with Crippen LogP contribution in [0.5, 0.6) is 0 Å². The largest absolute Gasteiger partial charge is 0.256 e. The van der Waals surface area contributed by atoms with Crippen molar-refractivity contribution in [3.05, 3.63) is 30.3 Å². The Hall–Kier alpha value is -0.580. The number of hydrogen-bond donors (Lipinski definition) is 0. The molecule has 0 aliphatic rings. The Morgan fingerprint density at radius 1 is 1.29 bits per heavy atom. The molecular weight excluding hydrogens is 222 g/mol. The molecule has 78 valence electrons. The standard InChI is InChI=1S/C9H12ClNO2S/c1-2-8-11(10)14(12,13)9-6-4-3-5-7-9/h3-7H,2,8H2,1H3. The molecule has 3 nitrogen and oxygen atoms in total. The van der Waals surface area contributed by atoms with Gasteiger partial charge in [-0.2, -0.15) is 0 Å². The lowest BCUT2D eigenvalue weighted by molar-refractivity contribution is 0.534. The third-order valence-electron chi connectivity index (χ3n) is 1.70. The highest BCUT2D eigenvalue weighted by Crippen LogP contribution is 2.16. The Labute approximate surface area is 89.5 Å². The number of hydrogen-bond acceptors (Lipinski definition) is 2. The topological polar surface area (TPSA) is 37.4 Å². The van der Waals surface area contributed by atoms with Crippen LogP contribution in [0.15, 0.2) is 35.2 Å². The third-order valence-corrected chi connectivity index (χ3v) is 3.99. The van der Waals surface area contributed by atoms with Crippen LogP contribution in [0.3, 0.4) is 0 Å².